The van der Waals surface area contributed by atoms with Gasteiger partial charge in [0.1, 0.15) is 5.52 Å². The van der Waals surface area contributed by atoms with E-state index in [1.807, 2.05) is 0 Å². The van der Waals surface area contributed by atoms with Crippen molar-refractivity contribution < 1.29 is 22.7 Å². The Kier molecular flexibility index (Phi) is 5.34. The Labute approximate surface area is 183 Å². The number of amides is 1. The number of hydrogen-bond donors (Lipinski definition) is 1. The van der Waals surface area contributed by atoms with Crippen molar-refractivity contribution in [2.45, 2.75) is 4.90 Å². The van der Waals surface area contributed by atoms with Gasteiger partial charge in [-0.15, -0.1) is 16.6 Å². The maximum atomic E-state index is 13.7. The second kappa shape index (κ2) is 8.13. The molecule has 160 valence electrons. The normalized spacial score (nSPS) is 11.2. The molecule has 0 saturated carbocycles. The summed E-state index contributed by atoms with van der Waals surface area (Å²) in [6.45, 7) is -0.0677. The highest BCUT2D eigenvalue weighted by Crippen LogP contribution is 2.35. The number of carbonyl (C=O) groups excluding carboxylic acids is 2. The Balaban J connectivity index is 2.20. The van der Waals surface area contributed by atoms with Crippen LogP contribution in [0.25, 0.3) is 21.8 Å². The molecule has 9 nitrogen and oxygen atoms in total. The van der Waals surface area contributed by atoms with Crippen molar-refractivity contribution in [3.63, 3.8) is 0 Å². The SMILES string of the molecule is C#CCNC(=O)c1nnc(C(=O)OC)c2c1c1ccccc1n2S(=O)(=O)c1ccccc1. The lowest BCUT2D eigenvalue weighted by Crippen LogP contribution is -2.26. The zero-order valence-electron chi connectivity index (χ0n) is 16.8. The number of terminal acetylenes is 1. The Bertz CT molecular complexity index is 1520. The number of para-hydroxylation sites is 1. The first kappa shape index (κ1) is 21.0. The van der Waals surface area contributed by atoms with Gasteiger partial charge in [-0.2, -0.15) is 0 Å². The van der Waals surface area contributed by atoms with E-state index in [-0.39, 0.29) is 39.2 Å². The summed E-state index contributed by atoms with van der Waals surface area (Å²) < 4.78 is 33.1. The van der Waals surface area contributed by atoms with Gasteiger partial charge in [0.05, 0.1) is 24.1 Å². The second-order valence-electron chi connectivity index (χ2n) is 6.60. The van der Waals surface area contributed by atoms with E-state index >= 15 is 0 Å². The highest BCUT2D eigenvalue weighted by Gasteiger charge is 2.31. The van der Waals surface area contributed by atoms with Crippen LogP contribution in [-0.2, 0) is 14.8 Å². The number of rotatable bonds is 5. The fraction of sp³-hybridized carbons (Fsp3) is 0.0909. The summed E-state index contributed by atoms with van der Waals surface area (Å²) in [7, 11) is -3.05. The van der Waals surface area contributed by atoms with Crippen molar-refractivity contribution in [2.24, 2.45) is 0 Å². The van der Waals surface area contributed by atoms with E-state index in [9.17, 15) is 18.0 Å². The van der Waals surface area contributed by atoms with Gasteiger partial charge in [0.25, 0.3) is 15.9 Å². The van der Waals surface area contributed by atoms with Gasteiger partial charge in [-0.3, -0.25) is 4.79 Å². The molecule has 32 heavy (non-hydrogen) atoms. The Hall–Kier alpha value is -4.23. The first-order valence-electron chi connectivity index (χ1n) is 9.32. The summed E-state index contributed by atoms with van der Waals surface area (Å²) >= 11 is 0. The largest absolute Gasteiger partial charge is 0.464 e. The Morgan fingerprint density at radius 2 is 1.72 bits per heavy atom. The molecule has 0 radical (unpaired) electrons. The first-order valence-corrected chi connectivity index (χ1v) is 10.8. The lowest BCUT2D eigenvalue weighted by Gasteiger charge is -2.11. The van der Waals surface area contributed by atoms with Crippen molar-refractivity contribution in [2.75, 3.05) is 13.7 Å². The average Bonchev–Trinajstić information content (AvgIpc) is 3.18. The third kappa shape index (κ3) is 3.25. The quantitative estimate of drug-likeness (QED) is 0.366. The molecule has 4 aromatic rings. The van der Waals surface area contributed by atoms with E-state index in [1.54, 1.807) is 42.5 Å². The zero-order valence-corrected chi connectivity index (χ0v) is 17.6. The molecule has 2 aromatic carbocycles. The molecule has 0 aliphatic carbocycles. The standard InChI is InChI=1S/C22H16N4O5S/c1-3-13-23-21(27)18-17-15-11-7-8-12-16(15)26(20(17)19(25-24-18)22(28)31-2)32(29,30)14-9-5-4-6-10-14/h1,4-12H,13H2,2H3,(H,23,27). The highest BCUT2D eigenvalue weighted by atomic mass is 32.2. The Morgan fingerprint density at radius 1 is 1.06 bits per heavy atom. The molecule has 0 aliphatic rings. The van der Waals surface area contributed by atoms with Gasteiger partial charge in [0, 0.05) is 10.8 Å². The molecule has 1 amide bonds. The number of nitrogens with zero attached hydrogens (tertiary/aromatic N) is 3. The van der Waals surface area contributed by atoms with Crippen molar-refractivity contribution in [3.8, 4) is 12.3 Å². The van der Waals surface area contributed by atoms with E-state index in [0.29, 0.717) is 5.39 Å². The average molecular weight is 448 g/mol. The summed E-state index contributed by atoms with van der Waals surface area (Å²) in [6, 6.07) is 14.3. The van der Waals surface area contributed by atoms with Gasteiger partial charge in [0.15, 0.2) is 11.4 Å². The smallest absolute Gasteiger partial charge is 0.360 e. The number of ether oxygens (including phenoxy) is 1. The maximum Gasteiger partial charge on any atom is 0.360 e. The number of hydrogen-bond acceptors (Lipinski definition) is 7. The van der Waals surface area contributed by atoms with Gasteiger partial charge in [-0.25, -0.2) is 17.2 Å². The summed E-state index contributed by atoms with van der Waals surface area (Å²) in [5, 5.41) is 10.8. The van der Waals surface area contributed by atoms with Crippen LogP contribution in [0.2, 0.25) is 0 Å². The molecule has 0 atom stereocenters. The predicted molar refractivity (Wildman–Crippen MR) is 117 cm³/mol. The summed E-state index contributed by atoms with van der Waals surface area (Å²) in [5.74, 6) is 0.735. The number of fused-ring (bicyclic) bond motifs is 3. The molecule has 0 aliphatic heterocycles. The monoisotopic (exact) mass is 448 g/mol. The molecule has 4 rings (SSSR count). The van der Waals surface area contributed by atoms with Gasteiger partial charge < -0.3 is 10.1 Å². The minimum Gasteiger partial charge on any atom is -0.464 e. The van der Waals surface area contributed by atoms with E-state index in [1.165, 1.54) is 12.1 Å². The lowest BCUT2D eigenvalue weighted by molar-refractivity contribution is 0.0594. The molecule has 0 saturated heterocycles. The van der Waals surface area contributed by atoms with Crippen LogP contribution in [0.1, 0.15) is 21.0 Å². The van der Waals surface area contributed by atoms with Crippen LogP contribution in [0.5, 0.6) is 0 Å². The van der Waals surface area contributed by atoms with Crippen molar-refractivity contribution in [1.82, 2.24) is 19.5 Å². The van der Waals surface area contributed by atoms with E-state index in [4.69, 9.17) is 11.2 Å². The molecule has 0 fully saturated rings. The summed E-state index contributed by atoms with van der Waals surface area (Å²) in [5.41, 5.74) is -0.368. The van der Waals surface area contributed by atoms with Crippen molar-refractivity contribution in [1.29, 1.82) is 0 Å². The Morgan fingerprint density at radius 3 is 2.41 bits per heavy atom. The minimum atomic E-state index is -4.20. The van der Waals surface area contributed by atoms with E-state index in [2.05, 4.69) is 21.4 Å². The summed E-state index contributed by atoms with van der Waals surface area (Å²) in [6.07, 6.45) is 5.22. The lowest BCUT2D eigenvalue weighted by atomic mass is 10.1. The molecular formula is C22H16N4O5S. The molecule has 2 heterocycles. The molecule has 0 bridgehead atoms. The fourth-order valence-corrected chi connectivity index (χ4v) is 4.97. The first-order chi connectivity index (χ1) is 15.4. The topological polar surface area (TPSA) is 120 Å². The van der Waals surface area contributed by atoms with E-state index in [0.717, 1.165) is 11.1 Å². The third-order valence-electron chi connectivity index (χ3n) is 4.77. The van der Waals surface area contributed by atoms with Crippen LogP contribution in [0.4, 0.5) is 0 Å². The van der Waals surface area contributed by atoms with E-state index < -0.39 is 21.9 Å². The molecular weight excluding hydrogens is 432 g/mol. The molecule has 1 N–H and O–H groups in total. The maximum absolute atomic E-state index is 13.7. The van der Waals surface area contributed by atoms with Crippen LogP contribution >= 0.6 is 0 Å². The molecule has 0 spiro atoms. The van der Waals surface area contributed by atoms with Crippen LogP contribution in [0.15, 0.2) is 59.5 Å². The minimum absolute atomic E-state index is 0.00591. The number of benzene rings is 2. The van der Waals surface area contributed by atoms with Crippen molar-refractivity contribution in [3.05, 3.63) is 66.0 Å². The third-order valence-corrected chi connectivity index (χ3v) is 6.50. The predicted octanol–water partition coefficient (Wildman–Crippen LogP) is 1.97. The second-order valence-corrected chi connectivity index (χ2v) is 8.39. The van der Waals surface area contributed by atoms with Gasteiger partial charge >= 0.3 is 5.97 Å². The molecule has 10 heteroatoms. The van der Waals surface area contributed by atoms with Gasteiger partial charge in [-0.1, -0.05) is 42.3 Å². The van der Waals surface area contributed by atoms with Gasteiger partial charge in [0.2, 0.25) is 0 Å². The highest BCUT2D eigenvalue weighted by molar-refractivity contribution is 7.90. The van der Waals surface area contributed by atoms with Gasteiger partial charge in [-0.05, 0) is 18.2 Å². The van der Waals surface area contributed by atoms with Crippen LogP contribution in [0.3, 0.4) is 0 Å². The number of carbonyl (C=O) groups is 2. The number of methoxy groups -OCH3 is 1. The zero-order chi connectivity index (χ0) is 22.9. The van der Waals surface area contributed by atoms with Crippen molar-refractivity contribution >= 4 is 43.7 Å². The molecule has 2 aromatic heterocycles. The summed E-state index contributed by atoms with van der Waals surface area (Å²) in [4.78, 5) is 25.3. The van der Waals surface area contributed by atoms with Crippen LogP contribution < -0.4 is 5.32 Å². The fourth-order valence-electron chi connectivity index (χ4n) is 3.42. The van der Waals surface area contributed by atoms with Crippen LogP contribution in [0, 0.1) is 12.3 Å². The van der Waals surface area contributed by atoms with Crippen LogP contribution in [-0.4, -0.2) is 48.1 Å². The number of aromatic nitrogens is 3. The number of nitrogens with one attached hydrogen (secondary N) is 1. The molecule has 0 unspecified atom stereocenters. The number of esters is 1.